The van der Waals surface area contributed by atoms with Gasteiger partial charge in [0.2, 0.25) is 11.8 Å². The molecule has 1 aromatic rings. The van der Waals surface area contributed by atoms with Crippen LogP contribution < -0.4 is 10.6 Å². The van der Waals surface area contributed by atoms with Crippen molar-refractivity contribution in [3.8, 4) is 6.07 Å². The third-order valence-electron chi connectivity index (χ3n) is 4.47. The van der Waals surface area contributed by atoms with Crippen LogP contribution >= 0.6 is 0 Å². The number of nitrogens with one attached hydrogen (secondary N) is 2. The maximum atomic E-state index is 12.2. The van der Waals surface area contributed by atoms with Crippen LogP contribution in [0.4, 0.5) is 5.69 Å². The van der Waals surface area contributed by atoms with Gasteiger partial charge in [-0.1, -0.05) is 25.0 Å². The Hall–Kier alpha value is -2.35. The number of hydrogen-bond donors (Lipinski definition) is 2. The Kier molecular flexibility index (Phi) is 4.10. The SMILES string of the molecule is N#Cc1ccccc1NC(=O)C1CC1C(=O)NC1CCCC1. The van der Waals surface area contributed by atoms with Gasteiger partial charge in [0.15, 0.2) is 0 Å². The second-order valence-corrected chi connectivity index (χ2v) is 6.09. The van der Waals surface area contributed by atoms with Gasteiger partial charge in [-0.25, -0.2) is 0 Å². The Morgan fingerprint density at radius 1 is 1.09 bits per heavy atom. The van der Waals surface area contributed by atoms with Crippen LogP contribution in [0.1, 0.15) is 37.7 Å². The molecule has 2 aliphatic rings. The highest BCUT2D eigenvalue weighted by molar-refractivity contribution is 6.00. The van der Waals surface area contributed by atoms with Gasteiger partial charge >= 0.3 is 0 Å². The summed E-state index contributed by atoms with van der Waals surface area (Å²) in [7, 11) is 0. The normalized spacial score (nSPS) is 23.6. The predicted octanol–water partition coefficient (Wildman–Crippen LogP) is 2.19. The highest BCUT2D eigenvalue weighted by atomic mass is 16.2. The molecule has 2 saturated carbocycles. The smallest absolute Gasteiger partial charge is 0.228 e. The zero-order valence-corrected chi connectivity index (χ0v) is 12.3. The lowest BCUT2D eigenvalue weighted by Gasteiger charge is -2.11. The van der Waals surface area contributed by atoms with Gasteiger partial charge in [-0.3, -0.25) is 9.59 Å². The molecule has 0 spiro atoms. The fourth-order valence-electron chi connectivity index (χ4n) is 3.07. The van der Waals surface area contributed by atoms with E-state index in [2.05, 4.69) is 10.6 Å². The summed E-state index contributed by atoms with van der Waals surface area (Å²) in [4.78, 5) is 24.3. The molecule has 114 valence electrons. The number of rotatable bonds is 4. The van der Waals surface area contributed by atoms with E-state index in [1.165, 1.54) is 12.8 Å². The summed E-state index contributed by atoms with van der Waals surface area (Å²) in [6, 6.07) is 9.22. The summed E-state index contributed by atoms with van der Waals surface area (Å²) in [5, 5.41) is 14.8. The standard InChI is InChI=1S/C17H19N3O2/c18-10-11-5-1-4-8-15(11)20-17(22)14-9-13(14)16(21)19-12-6-2-3-7-12/h1,4-5,8,12-14H,2-3,6-7,9H2,(H,19,21)(H,20,22). The first-order valence-corrected chi connectivity index (χ1v) is 7.79. The number of anilines is 1. The van der Waals surface area contributed by atoms with Crippen molar-refractivity contribution < 1.29 is 9.59 Å². The van der Waals surface area contributed by atoms with E-state index in [9.17, 15) is 9.59 Å². The molecule has 2 aliphatic carbocycles. The highest BCUT2D eigenvalue weighted by Crippen LogP contribution is 2.40. The predicted molar refractivity (Wildman–Crippen MR) is 81.8 cm³/mol. The maximum Gasteiger partial charge on any atom is 0.228 e. The number of para-hydroxylation sites is 1. The molecule has 22 heavy (non-hydrogen) atoms. The van der Waals surface area contributed by atoms with Gasteiger partial charge < -0.3 is 10.6 Å². The lowest BCUT2D eigenvalue weighted by atomic mass is 10.2. The van der Waals surface area contributed by atoms with Crippen LogP contribution in [0, 0.1) is 23.2 Å². The Morgan fingerprint density at radius 2 is 1.77 bits per heavy atom. The van der Waals surface area contributed by atoms with Gasteiger partial charge in [-0.2, -0.15) is 5.26 Å². The van der Waals surface area contributed by atoms with E-state index in [-0.39, 0.29) is 29.7 Å². The minimum atomic E-state index is -0.270. The number of nitrogens with zero attached hydrogens (tertiary/aromatic N) is 1. The van der Waals surface area contributed by atoms with Crippen LogP contribution in [0.15, 0.2) is 24.3 Å². The number of hydrogen-bond acceptors (Lipinski definition) is 3. The van der Waals surface area contributed by atoms with Crippen LogP contribution in [0.2, 0.25) is 0 Å². The average molecular weight is 297 g/mol. The monoisotopic (exact) mass is 297 g/mol. The second-order valence-electron chi connectivity index (χ2n) is 6.09. The summed E-state index contributed by atoms with van der Waals surface area (Å²) in [6.45, 7) is 0. The molecule has 2 atom stereocenters. The molecular weight excluding hydrogens is 278 g/mol. The van der Waals surface area contributed by atoms with Crippen molar-refractivity contribution in [2.45, 2.75) is 38.1 Å². The van der Waals surface area contributed by atoms with Crippen LogP contribution in [0.25, 0.3) is 0 Å². The van der Waals surface area contributed by atoms with Crippen molar-refractivity contribution in [2.75, 3.05) is 5.32 Å². The number of benzene rings is 1. The van der Waals surface area contributed by atoms with Crippen molar-refractivity contribution in [1.82, 2.24) is 5.32 Å². The first-order chi connectivity index (χ1) is 10.7. The first kappa shape index (κ1) is 14.6. The van der Waals surface area contributed by atoms with Crippen LogP contribution in [0.3, 0.4) is 0 Å². The molecule has 5 nitrogen and oxygen atoms in total. The molecule has 5 heteroatoms. The molecule has 3 rings (SSSR count). The Morgan fingerprint density at radius 3 is 2.50 bits per heavy atom. The van der Waals surface area contributed by atoms with Gasteiger partial charge in [-0.15, -0.1) is 0 Å². The van der Waals surface area contributed by atoms with Crippen LogP contribution in [0.5, 0.6) is 0 Å². The van der Waals surface area contributed by atoms with E-state index in [4.69, 9.17) is 5.26 Å². The minimum Gasteiger partial charge on any atom is -0.353 e. The molecule has 0 aliphatic heterocycles. The Bertz CT molecular complexity index is 629. The topological polar surface area (TPSA) is 82.0 Å². The summed E-state index contributed by atoms with van der Waals surface area (Å²) >= 11 is 0. The molecule has 2 unspecified atom stereocenters. The minimum absolute atomic E-state index is 0.000573. The highest BCUT2D eigenvalue weighted by Gasteiger charge is 2.48. The number of nitriles is 1. The second kappa shape index (κ2) is 6.18. The van der Waals surface area contributed by atoms with Crippen molar-refractivity contribution in [3.63, 3.8) is 0 Å². The van der Waals surface area contributed by atoms with E-state index in [0.29, 0.717) is 17.7 Å². The molecule has 0 heterocycles. The number of carbonyl (C=O) groups is 2. The van der Waals surface area contributed by atoms with Crippen LogP contribution in [-0.4, -0.2) is 17.9 Å². The molecule has 0 saturated heterocycles. The van der Waals surface area contributed by atoms with Gasteiger partial charge in [0.1, 0.15) is 6.07 Å². The van der Waals surface area contributed by atoms with E-state index in [0.717, 1.165) is 12.8 Å². The largest absolute Gasteiger partial charge is 0.353 e. The quantitative estimate of drug-likeness (QED) is 0.893. The third kappa shape index (κ3) is 3.11. The molecule has 2 amide bonds. The molecule has 0 radical (unpaired) electrons. The van der Waals surface area contributed by atoms with E-state index in [1.54, 1.807) is 24.3 Å². The van der Waals surface area contributed by atoms with Crippen molar-refractivity contribution >= 4 is 17.5 Å². The molecular formula is C17H19N3O2. The zero-order chi connectivity index (χ0) is 15.5. The molecule has 2 fully saturated rings. The first-order valence-electron chi connectivity index (χ1n) is 7.79. The van der Waals surface area contributed by atoms with Crippen molar-refractivity contribution in [3.05, 3.63) is 29.8 Å². The Labute approximate surface area is 129 Å². The van der Waals surface area contributed by atoms with Gasteiger partial charge in [0.25, 0.3) is 0 Å². The zero-order valence-electron chi connectivity index (χ0n) is 12.3. The summed E-state index contributed by atoms with van der Waals surface area (Å²) < 4.78 is 0. The van der Waals surface area contributed by atoms with E-state index < -0.39 is 0 Å². The maximum absolute atomic E-state index is 12.2. The average Bonchev–Trinajstić information content (AvgIpc) is 3.18. The lowest BCUT2D eigenvalue weighted by Crippen LogP contribution is -2.34. The van der Waals surface area contributed by atoms with E-state index >= 15 is 0 Å². The van der Waals surface area contributed by atoms with Crippen molar-refractivity contribution in [2.24, 2.45) is 11.8 Å². The molecule has 0 aromatic heterocycles. The van der Waals surface area contributed by atoms with E-state index in [1.807, 2.05) is 6.07 Å². The summed E-state index contributed by atoms with van der Waals surface area (Å²) in [5.74, 6) is -0.655. The molecule has 1 aromatic carbocycles. The van der Waals surface area contributed by atoms with Gasteiger partial charge in [0, 0.05) is 6.04 Å². The summed E-state index contributed by atoms with van der Waals surface area (Å²) in [5.41, 5.74) is 0.945. The van der Waals surface area contributed by atoms with Crippen LogP contribution in [-0.2, 0) is 9.59 Å². The number of carbonyl (C=O) groups excluding carboxylic acids is 2. The summed E-state index contributed by atoms with van der Waals surface area (Å²) in [6.07, 6.45) is 5.03. The third-order valence-corrected chi connectivity index (χ3v) is 4.47. The lowest BCUT2D eigenvalue weighted by molar-refractivity contribution is -0.125. The molecule has 0 bridgehead atoms. The fraction of sp³-hybridized carbons (Fsp3) is 0.471. The van der Waals surface area contributed by atoms with Gasteiger partial charge in [0.05, 0.1) is 23.1 Å². The fourth-order valence-corrected chi connectivity index (χ4v) is 3.07. The van der Waals surface area contributed by atoms with Gasteiger partial charge in [-0.05, 0) is 31.4 Å². The number of amides is 2. The molecule has 2 N–H and O–H groups in total. The Balaban J connectivity index is 1.54. The van der Waals surface area contributed by atoms with Crippen molar-refractivity contribution in [1.29, 1.82) is 5.26 Å².